The quantitative estimate of drug-likeness (QED) is 0.709. The molecule has 1 aliphatic heterocycles. The lowest BCUT2D eigenvalue weighted by atomic mass is 10.1. The van der Waals surface area contributed by atoms with E-state index in [0.29, 0.717) is 0 Å². The normalized spacial score (nSPS) is 27.0. The molecule has 2 rings (SSSR count). The first-order valence-electron chi connectivity index (χ1n) is 7.79. The van der Waals surface area contributed by atoms with Crippen molar-refractivity contribution in [1.29, 1.82) is 0 Å². The lowest BCUT2D eigenvalue weighted by Gasteiger charge is -2.27. The third kappa shape index (κ3) is 4.52. The van der Waals surface area contributed by atoms with Crippen LogP contribution < -0.4 is 5.32 Å². The number of rotatable bonds is 8. The fourth-order valence-electron chi connectivity index (χ4n) is 3.24. The van der Waals surface area contributed by atoms with Crippen LogP contribution in [0.4, 0.5) is 0 Å². The Hall–Kier alpha value is -0.120. The molecule has 1 N–H and O–H groups in total. The van der Waals surface area contributed by atoms with Crippen LogP contribution in [0, 0.1) is 11.8 Å². The first-order chi connectivity index (χ1) is 8.69. The summed E-state index contributed by atoms with van der Waals surface area (Å²) in [5, 5.41) is 3.74. The average Bonchev–Trinajstić information content (AvgIpc) is 3.09. The van der Waals surface area contributed by atoms with Crippen molar-refractivity contribution in [2.75, 3.05) is 46.8 Å². The fourth-order valence-corrected chi connectivity index (χ4v) is 3.24. The lowest BCUT2D eigenvalue weighted by Crippen LogP contribution is -2.43. The Bertz CT molecular complexity index is 240. The minimum Gasteiger partial charge on any atom is -0.312 e. The van der Waals surface area contributed by atoms with Gasteiger partial charge in [-0.25, -0.2) is 0 Å². The molecule has 1 saturated heterocycles. The number of hydrogen-bond donors (Lipinski definition) is 1. The molecule has 1 heterocycles. The van der Waals surface area contributed by atoms with Crippen LogP contribution in [-0.4, -0.2) is 62.7 Å². The average molecular weight is 253 g/mol. The van der Waals surface area contributed by atoms with Crippen LogP contribution in [0.25, 0.3) is 0 Å². The van der Waals surface area contributed by atoms with Crippen LogP contribution in [-0.2, 0) is 0 Å². The van der Waals surface area contributed by atoms with E-state index < -0.39 is 0 Å². The maximum absolute atomic E-state index is 3.74. The zero-order valence-corrected chi connectivity index (χ0v) is 12.5. The summed E-state index contributed by atoms with van der Waals surface area (Å²) in [6, 6.07) is 0.745. The van der Waals surface area contributed by atoms with Crippen molar-refractivity contribution in [1.82, 2.24) is 15.1 Å². The van der Waals surface area contributed by atoms with Crippen LogP contribution in [0.2, 0.25) is 0 Å². The highest BCUT2D eigenvalue weighted by Crippen LogP contribution is 2.33. The van der Waals surface area contributed by atoms with Gasteiger partial charge in [0, 0.05) is 25.7 Å². The van der Waals surface area contributed by atoms with Gasteiger partial charge in [-0.05, 0) is 64.7 Å². The summed E-state index contributed by atoms with van der Waals surface area (Å²) < 4.78 is 0. The van der Waals surface area contributed by atoms with Gasteiger partial charge >= 0.3 is 0 Å². The first-order valence-corrected chi connectivity index (χ1v) is 7.79. The second kappa shape index (κ2) is 6.88. The van der Waals surface area contributed by atoms with Gasteiger partial charge < -0.3 is 15.1 Å². The van der Waals surface area contributed by atoms with Gasteiger partial charge in [0.25, 0.3) is 0 Å². The molecule has 2 aliphatic rings. The molecular formula is C15H31N3. The molecular weight excluding hydrogens is 222 g/mol. The van der Waals surface area contributed by atoms with Gasteiger partial charge in [-0.15, -0.1) is 0 Å². The molecule has 3 heteroatoms. The van der Waals surface area contributed by atoms with E-state index in [0.717, 1.165) is 17.9 Å². The molecule has 2 fully saturated rings. The topological polar surface area (TPSA) is 18.5 Å². The van der Waals surface area contributed by atoms with Crippen LogP contribution in [0.3, 0.4) is 0 Å². The lowest BCUT2D eigenvalue weighted by molar-refractivity contribution is 0.237. The summed E-state index contributed by atoms with van der Waals surface area (Å²) in [6.45, 7) is 8.54. The number of nitrogens with one attached hydrogen (secondary N) is 1. The molecule has 0 radical (unpaired) electrons. The third-order valence-corrected chi connectivity index (χ3v) is 4.41. The second-order valence-electron chi connectivity index (χ2n) is 6.54. The zero-order valence-electron chi connectivity index (χ0n) is 12.5. The molecule has 2 atom stereocenters. The molecule has 0 spiro atoms. The van der Waals surface area contributed by atoms with Crippen molar-refractivity contribution < 1.29 is 0 Å². The van der Waals surface area contributed by atoms with E-state index >= 15 is 0 Å². The highest BCUT2D eigenvalue weighted by atomic mass is 15.2. The van der Waals surface area contributed by atoms with Crippen molar-refractivity contribution in [3.8, 4) is 0 Å². The maximum Gasteiger partial charge on any atom is 0.0223 e. The molecule has 0 aromatic carbocycles. The van der Waals surface area contributed by atoms with Crippen molar-refractivity contribution in [2.45, 2.75) is 38.6 Å². The van der Waals surface area contributed by atoms with Crippen molar-refractivity contribution in [3.05, 3.63) is 0 Å². The predicted molar refractivity (Wildman–Crippen MR) is 77.9 cm³/mol. The molecule has 3 nitrogen and oxygen atoms in total. The summed E-state index contributed by atoms with van der Waals surface area (Å²) in [6.07, 6.45) is 5.53. The highest BCUT2D eigenvalue weighted by molar-refractivity contribution is 4.88. The molecule has 106 valence electrons. The number of nitrogens with zero attached hydrogens (tertiary/aromatic N) is 2. The van der Waals surface area contributed by atoms with Gasteiger partial charge in [0.1, 0.15) is 0 Å². The van der Waals surface area contributed by atoms with Gasteiger partial charge in [-0.2, -0.15) is 0 Å². The Kier molecular flexibility index (Phi) is 5.46. The Morgan fingerprint density at radius 3 is 2.67 bits per heavy atom. The van der Waals surface area contributed by atoms with Gasteiger partial charge in [0.2, 0.25) is 0 Å². The van der Waals surface area contributed by atoms with Gasteiger partial charge in [0.05, 0.1) is 0 Å². The van der Waals surface area contributed by atoms with Gasteiger partial charge in [-0.3, -0.25) is 0 Å². The summed E-state index contributed by atoms with van der Waals surface area (Å²) in [5.74, 6) is 1.86. The van der Waals surface area contributed by atoms with E-state index in [1.54, 1.807) is 0 Å². The summed E-state index contributed by atoms with van der Waals surface area (Å²) >= 11 is 0. The predicted octanol–water partition coefficient (Wildman–Crippen LogP) is 1.65. The highest BCUT2D eigenvalue weighted by Gasteiger charge is 2.31. The molecule has 2 unspecified atom stereocenters. The molecule has 18 heavy (non-hydrogen) atoms. The van der Waals surface area contributed by atoms with Gasteiger partial charge in [-0.1, -0.05) is 6.92 Å². The fraction of sp³-hybridized carbons (Fsp3) is 1.00. The number of likely N-dealkylation sites (tertiary alicyclic amines) is 1. The summed E-state index contributed by atoms with van der Waals surface area (Å²) in [4.78, 5) is 5.03. The van der Waals surface area contributed by atoms with E-state index in [9.17, 15) is 0 Å². The molecule has 0 aromatic rings. The van der Waals surface area contributed by atoms with E-state index in [1.807, 2.05) is 0 Å². The summed E-state index contributed by atoms with van der Waals surface area (Å²) in [5.41, 5.74) is 0. The number of likely N-dealkylation sites (N-methyl/N-ethyl adjacent to an activating group) is 1. The number of hydrogen-bond acceptors (Lipinski definition) is 3. The summed E-state index contributed by atoms with van der Waals surface area (Å²) in [7, 11) is 4.55. The SMILES string of the molecule is CCCNC(CN(C)CC1CCN(C)C1)C1CC1. The Morgan fingerprint density at radius 2 is 2.11 bits per heavy atom. The van der Waals surface area contributed by atoms with Gasteiger partial charge in [0.15, 0.2) is 0 Å². The Morgan fingerprint density at radius 1 is 1.33 bits per heavy atom. The second-order valence-corrected chi connectivity index (χ2v) is 6.54. The molecule has 0 bridgehead atoms. The van der Waals surface area contributed by atoms with Crippen molar-refractivity contribution in [2.24, 2.45) is 11.8 Å². The van der Waals surface area contributed by atoms with Crippen LogP contribution in [0.1, 0.15) is 32.6 Å². The van der Waals surface area contributed by atoms with Crippen LogP contribution >= 0.6 is 0 Å². The van der Waals surface area contributed by atoms with E-state index in [-0.39, 0.29) is 0 Å². The Balaban J connectivity index is 1.69. The zero-order chi connectivity index (χ0) is 13.0. The van der Waals surface area contributed by atoms with Crippen molar-refractivity contribution >= 4 is 0 Å². The maximum atomic E-state index is 3.74. The standard InChI is InChI=1S/C15H31N3/c1-4-8-16-15(14-5-6-14)12-18(3)11-13-7-9-17(2)10-13/h13-16H,4-12H2,1-3H3. The molecule has 1 saturated carbocycles. The third-order valence-electron chi connectivity index (χ3n) is 4.41. The van der Waals surface area contributed by atoms with Crippen LogP contribution in [0.5, 0.6) is 0 Å². The Labute approximate surface area is 113 Å². The van der Waals surface area contributed by atoms with E-state index in [1.165, 1.54) is 58.4 Å². The largest absolute Gasteiger partial charge is 0.312 e. The van der Waals surface area contributed by atoms with E-state index in [2.05, 4.69) is 36.1 Å². The molecule has 0 amide bonds. The first kappa shape index (κ1) is 14.3. The smallest absolute Gasteiger partial charge is 0.0223 e. The minimum atomic E-state index is 0.745. The monoisotopic (exact) mass is 253 g/mol. The van der Waals surface area contributed by atoms with E-state index in [4.69, 9.17) is 0 Å². The van der Waals surface area contributed by atoms with Crippen LogP contribution in [0.15, 0.2) is 0 Å². The minimum absolute atomic E-state index is 0.745. The van der Waals surface area contributed by atoms with Crippen molar-refractivity contribution in [3.63, 3.8) is 0 Å². The molecule has 0 aromatic heterocycles. The molecule has 1 aliphatic carbocycles.